The molecule has 0 heteroatoms. The van der Waals surface area contributed by atoms with Gasteiger partial charge in [-0.2, -0.15) is 0 Å². The van der Waals surface area contributed by atoms with E-state index in [1.807, 2.05) is 12.1 Å². The highest BCUT2D eigenvalue weighted by molar-refractivity contribution is 5.85. The van der Waals surface area contributed by atoms with Crippen LogP contribution in [0.4, 0.5) is 0 Å². The molecule has 3 aromatic rings. The van der Waals surface area contributed by atoms with Crippen molar-refractivity contribution in [1.82, 2.24) is 0 Å². The summed E-state index contributed by atoms with van der Waals surface area (Å²) < 4.78 is 0. The molecule has 0 spiro atoms. The van der Waals surface area contributed by atoms with E-state index in [0.29, 0.717) is 0 Å². The minimum Gasteiger partial charge on any atom is -0.0613 e. The zero-order chi connectivity index (χ0) is 13.1. The van der Waals surface area contributed by atoms with Gasteiger partial charge in [-0.25, -0.2) is 0 Å². The van der Waals surface area contributed by atoms with Gasteiger partial charge in [-0.05, 0) is 46.4 Å². The van der Waals surface area contributed by atoms with Crippen LogP contribution in [0.5, 0.6) is 0 Å². The molecule has 19 heavy (non-hydrogen) atoms. The summed E-state index contributed by atoms with van der Waals surface area (Å²) in [6, 6.07) is 25.0. The molecular weight excluding hydrogens is 228 g/mol. The number of fused-ring (bicyclic) bond motifs is 1. The molecule has 0 saturated heterocycles. The van der Waals surface area contributed by atoms with Crippen LogP contribution in [0.2, 0.25) is 0 Å². The molecule has 3 rings (SSSR count). The maximum Gasteiger partial charge on any atom is -0.00194 e. The van der Waals surface area contributed by atoms with Crippen LogP contribution in [0, 0.1) is 6.07 Å². The molecule has 1 radical (unpaired) electrons. The lowest BCUT2D eigenvalue weighted by molar-refractivity contribution is 1.12. The van der Waals surface area contributed by atoms with Gasteiger partial charge in [-0.3, -0.25) is 0 Å². The van der Waals surface area contributed by atoms with Crippen molar-refractivity contribution in [2.45, 2.75) is 19.8 Å². The van der Waals surface area contributed by atoms with E-state index in [9.17, 15) is 0 Å². The van der Waals surface area contributed by atoms with Crippen molar-refractivity contribution in [2.75, 3.05) is 0 Å². The van der Waals surface area contributed by atoms with Crippen LogP contribution in [-0.4, -0.2) is 0 Å². The van der Waals surface area contributed by atoms with E-state index < -0.39 is 0 Å². The van der Waals surface area contributed by atoms with Crippen molar-refractivity contribution in [1.29, 1.82) is 0 Å². The van der Waals surface area contributed by atoms with Gasteiger partial charge in [0.15, 0.2) is 0 Å². The monoisotopic (exact) mass is 245 g/mol. The van der Waals surface area contributed by atoms with E-state index >= 15 is 0 Å². The lowest BCUT2D eigenvalue weighted by atomic mass is 9.98. The summed E-state index contributed by atoms with van der Waals surface area (Å²) >= 11 is 0. The van der Waals surface area contributed by atoms with Crippen molar-refractivity contribution in [2.24, 2.45) is 0 Å². The summed E-state index contributed by atoms with van der Waals surface area (Å²) in [7, 11) is 0. The summed E-state index contributed by atoms with van der Waals surface area (Å²) in [5.41, 5.74) is 4.11. The molecular formula is C19H17. The maximum absolute atomic E-state index is 3.36. The van der Waals surface area contributed by atoms with Gasteiger partial charge in [-0.15, -0.1) is 0 Å². The Bertz CT molecular complexity index is 672. The van der Waals surface area contributed by atoms with Crippen LogP contribution < -0.4 is 0 Å². The second-order valence-corrected chi connectivity index (χ2v) is 4.90. The van der Waals surface area contributed by atoms with Crippen molar-refractivity contribution in [3.8, 4) is 0 Å². The molecule has 0 aliphatic carbocycles. The third-order valence-electron chi connectivity index (χ3n) is 3.61. The number of benzene rings is 3. The summed E-state index contributed by atoms with van der Waals surface area (Å²) in [4.78, 5) is 0. The maximum atomic E-state index is 3.36. The number of hydrogen-bond acceptors (Lipinski definition) is 0. The zero-order valence-corrected chi connectivity index (χ0v) is 11.2. The lowest BCUT2D eigenvalue weighted by Crippen LogP contribution is -1.90. The van der Waals surface area contributed by atoms with Gasteiger partial charge in [0.1, 0.15) is 0 Å². The van der Waals surface area contributed by atoms with Crippen molar-refractivity contribution in [3.05, 3.63) is 83.4 Å². The Morgan fingerprint density at radius 2 is 1.58 bits per heavy atom. The Labute approximate surface area is 114 Å². The normalized spacial score (nSPS) is 10.8. The first-order chi connectivity index (χ1) is 9.36. The fourth-order valence-corrected chi connectivity index (χ4v) is 2.48. The third kappa shape index (κ3) is 2.53. The quantitative estimate of drug-likeness (QED) is 0.622. The Balaban J connectivity index is 1.96. The van der Waals surface area contributed by atoms with Crippen LogP contribution in [0.1, 0.15) is 23.6 Å². The highest BCUT2D eigenvalue weighted by Crippen LogP contribution is 2.21. The predicted molar refractivity (Wildman–Crippen MR) is 81.4 cm³/mol. The molecule has 0 saturated carbocycles. The summed E-state index contributed by atoms with van der Waals surface area (Å²) in [5, 5.41) is 2.51. The van der Waals surface area contributed by atoms with E-state index in [-0.39, 0.29) is 0 Å². The Morgan fingerprint density at radius 1 is 0.842 bits per heavy atom. The molecule has 0 nitrogen and oxygen atoms in total. The van der Waals surface area contributed by atoms with E-state index in [1.54, 1.807) is 0 Å². The Hall–Kier alpha value is -2.08. The molecule has 0 N–H and O–H groups in total. The second-order valence-electron chi connectivity index (χ2n) is 4.90. The van der Waals surface area contributed by atoms with Gasteiger partial charge in [0, 0.05) is 0 Å². The van der Waals surface area contributed by atoms with Gasteiger partial charge in [-0.1, -0.05) is 67.6 Å². The number of rotatable bonds is 3. The molecule has 0 unspecified atom stereocenters. The molecule has 0 bridgehead atoms. The highest BCUT2D eigenvalue weighted by Gasteiger charge is 2.02. The first kappa shape index (κ1) is 12.0. The molecule has 0 fully saturated rings. The van der Waals surface area contributed by atoms with E-state index in [2.05, 4.69) is 61.5 Å². The molecule has 0 aliphatic heterocycles. The third-order valence-corrected chi connectivity index (χ3v) is 3.61. The largest absolute Gasteiger partial charge is 0.0613 e. The standard InChI is InChI=1S/C19H17/c1-2-15-10-12-16(13-11-15)14-18-8-5-7-17-6-3-4-9-19(17)18/h3-8,10-13H,2,14H2,1H3. The number of aryl methyl sites for hydroxylation is 1. The Kier molecular flexibility index (Phi) is 3.33. The van der Waals surface area contributed by atoms with Crippen LogP contribution in [0.25, 0.3) is 10.8 Å². The van der Waals surface area contributed by atoms with Gasteiger partial charge < -0.3 is 0 Å². The summed E-state index contributed by atoms with van der Waals surface area (Å²) in [5.74, 6) is 0. The molecule has 0 aromatic heterocycles. The zero-order valence-electron chi connectivity index (χ0n) is 11.2. The minimum atomic E-state index is 0.974. The van der Waals surface area contributed by atoms with Crippen molar-refractivity contribution in [3.63, 3.8) is 0 Å². The van der Waals surface area contributed by atoms with Crippen molar-refractivity contribution < 1.29 is 0 Å². The number of hydrogen-bond donors (Lipinski definition) is 0. The van der Waals surface area contributed by atoms with Crippen LogP contribution in [0.3, 0.4) is 0 Å². The smallest absolute Gasteiger partial charge is 0.00194 e. The van der Waals surface area contributed by atoms with E-state index in [4.69, 9.17) is 0 Å². The predicted octanol–water partition coefficient (Wildman–Crippen LogP) is 4.79. The average molecular weight is 245 g/mol. The molecule has 0 amide bonds. The van der Waals surface area contributed by atoms with Gasteiger partial charge in [0.2, 0.25) is 0 Å². The average Bonchev–Trinajstić information content (AvgIpc) is 2.48. The second kappa shape index (κ2) is 5.27. The fourth-order valence-electron chi connectivity index (χ4n) is 2.48. The van der Waals surface area contributed by atoms with Crippen LogP contribution in [0.15, 0.2) is 60.7 Å². The molecule has 0 heterocycles. The molecule has 93 valence electrons. The first-order valence-corrected chi connectivity index (χ1v) is 6.83. The minimum absolute atomic E-state index is 0.974. The van der Waals surface area contributed by atoms with Crippen LogP contribution in [-0.2, 0) is 12.8 Å². The fraction of sp³-hybridized carbons (Fsp3) is 0.158. The molecule has 0 atom stereocenters. The summed E-state index contributed by atoms with van der Waals surface area (Å²) in [6.07, 6.45) is 2.07. The topological polar surface area (TPSA) is 0 Å². The summed E-state index contributed by atoms with van der Waals surface area (Å²) in [6.45, 7) is 2.19. The van der Waals surface area contributed by atoms with E-state index in [0.717, 1.165) is 12.8 Å². The van der Waals surface area contributed by atoms with Crippen molar-refractivity contribution >= 4 is 10.8 Å². The van der Waals surface area contributed by atoms with E-state index in [1.165, 1.54) is 27.5 Å². The lowest BCUT2D eigenvalue weighted by Gasteiger charge is -2.07. The highest BCUT2D eigenvalue weighted by atomic mass is 14.1. The molecule has 3 aromatic carbocycles. The Morgan fingerprint density at radius 3 is 2.37 bits per heavy atom. The van der Waals surface area contributed by atoms with Crippen LogP contribution >= 0.6 is 0 Å². The molecule has 0 aliphatic rings. The van der Waals surface area contributed by atoms with Gasteiger partial charge >= 0.3 is 0 Å². The first-order valence-electron chi connectivity index (χ1n) is 6.83. The van der Waals surface area contributed by atoms with Gasteiger partial charge in [0.05, 0.1) is 0 Å². The SMILES string of the molecule is CCc1ccc(Cc2cccc3ccc[c]c23)cc1. The van der Waals surface area contributed by atoms with Gasteiger partial charge in [0.25, 0.3) is 0 Å².